The predicted molar refractivity (Wildman–Crippen MR) is 65.5 cm³/mol. The van der Waals surface area contributed by atoms with Gasteiger partial charge in [0.2, 0.25) is 5.89 Å². The van der Waals surface area contributed by atoms with Crippen LogP contribution in [0.25, 0.3) is 0 Å². The second kappa shape index (κ2) is 6.25. The highest BCUT2D eigenvalue weighted by Gasteiger charge is 2.17. The van der Waals surface area contributed by atoms with E-state index in [1.54, 1.807) is 0 Å². The van der Waals surface area contributed by atoms with Crippen LogP contribution in [0.4, 0.5) is 0 Å². The van der Waals surface area contributed by atoms with Crippen molar-refractivity contribution in [3.05, 3.63) is 11.7 Å². The van der Waals surface area contributed by atoms with Gasteiger partial charge in [-0.25, -0.2) is 0 Å². The molecule has 0 aliphatic carbocycles. The monoisotopic (exact) mass is 241 g/mol. The SMILES string of the molecule is CCCSCc1noc(CC2CCCN2)n1. The molecule has 0 spiro atoms. The van der Waals surface area contributed by atoms with Gasteiger partial charge >= 0.3 is 0 Å². The Hall–Kier alpha value is -0.550. The van der Waals surface area contributed by atoms with Gasteiger partial charge in [-0.3, -0.25) is 0 Å². The highest BCUT2D eigenvalue weighted by atomic mass is 32.2. The normalized spacial score (nSPS) is 20.4. The van der Waals surface area contributed by atoms with Crippen molar-refractivity contribution < 1.29 is 4.52 Å². The number of rotatable bonds is 6. The van der Waals surface area contributed by atoms with Gasteiger partial charge < -0.3 is 9.84 Å². The van der Waals surface area contributed by atoms with E-state index >= 15 is 0 Å². The lowest BCUT2D eigenvalue weighted by atomic mass is 10.2. The van der Waals surface area contributed by atoms with Crippen LogP contribution in [0.1, 0.15) is 37.9 Å². The third-order valence-electron chi connectivity index (χ3n) is 2.67. The summed E-state index contributed by atoms with van der Waals surface area (Å²) in [6.07, 6.45) is 4.56. The van der Waals surface area contributed by atoms with Crippen molar-refractivity contribution in [2.75, 3.05) is 12.3 Å². The summed E-state index contributed by atoms with van der Waals surface area (Å²) in [7, 11) is 0. The molecule has 0 amide bonds. The number of hydrogen-bond donors (Lipinski definition) is 1. The van der Waals surface area contributed by atoms with Crippen molar-refractivity contribution in [2.24, 2.45) is 0 Å². The lowest BCUT2D eigenvalue weighted by Crippen LogP contribution is -2.23. The van der Waals surface area contributed by atoms with Gasteiger partial charge in [0.05, 0.1) is 5.75 Å². The molecule has 1 unspecified atom stereocenters. The molecule has 1 aliphatic rings. The van der Waals surface area contributed by atoms with E-state index in [2.05, 4.69) is 22.4 Å². The summed E-state index contributed by atoms with van der Waals surface area (Å²) in [6.45, 7) is 3.30. The zero-order valence-corrected chi connectivity index (χ0v) is 10.6. The summed E-state index contributed by atoms with van der Waals surface area (Å²) < 4.78 is 5.24. The average Bonchev–Trinajstić information content (AvgIpc) is 2.91. The van der Waals surface area contributed by atoms with Gasteiger partial charge in [-0.2, -0.15) is 16.7 Å². The fraction of sp³-hybridized carbons (Fsp3) is 0.818. The molecule has 1 atom stereocenters. The van der Waals surface area contributed by atoms with E-state index in [-0.39, 0.29) is 0 Å². The van der Waals surface area contributed by atoms with E-state index in [4.69, 9.17) is 4.52 Å². The van der Waals surface area contributed by atoms with Crippen molar-refractivity contribution >= 4 is 11.8 Å². The lowest BCUT2D eigenvalue weighted by molar-refractivity contribution is 0.361. The molecule has 1 aromatic rings. The average molecular weight is 241 g/mol. The van der Waals surface area contributed by atoms with Crippen molar-refractivity contribution in [3.63, 3.8) is 0 Å². The van der Waals surface area contributed by atoms with Crippen LogP contribution in [0, 0.1) is 0 Å². The maximum atomic E-state index is 5.24. The van der Waals surface area contributed by atoms with E-state index in [0.717, 1.165) is 36.2 Å². The molecule has 1 aromatic heterocycles. The van der Waals surface area contributed by atoms with Crippen molar-refractivity contribution in [1.29, 1.82) is 0 Å². The second-order valence-electron chi connectivity index (χ2n) is 4.15. The molecule has 5 heteroatoms. The molecule has 1 aliphatic heterocycles. The van der Waals surface area contributed by atoms with Crippen LogP contribution < -0.4 is 5.32 Å². The molecule has 0 bridgehead atoms. The number of nitrogens with one attached hydrogen (secondary N) is 1. The molecule has 0 radical (unpaired) electrons. The van der Waals surface area contributed by atoms with Crippen LogP contribution in [0.2, 0.25) is 0 Å². The third kappa shape index (κ3) is 3.49. The number of hydrogen-bond acceptors (Lipinski definition) is 5. The molecule has 1 N–H and O–H groups in total. The van der Waals surface area contributed by atoms with Gasteiger partial charge in [0.25, 0.3) is 0 Å². The van der Waals surface area contributed by atoms with E-state index in [9.17, 15) is 0 Å². The first-order chi connectivity index (χ1) is 7.88. The lowest BCUT2D eigenvalue weighted by Gasteiger charge is -2.04. The molecule has 2 rings (SSSR count). The van der Waals surface area contributed by atoms with Crippen molar-refractivity contribution in [2.45, 2.75) is 44.4 Å². The molecular formula is C11H19N3OS. The second-order valence-corrected chi connectivity index (χ2v) is 5.26. The van der Waals surface area contributed by atoms with E-state index in [1.165, 1.54) is 19.3 Å². The molecule has 0 aromatic carbocycles. The summed E-state index contributed by atoms with van der Waals surface area (Å²) in [4.78, 5) is 4.41. The van der Waals surface area contributed by atoms with Crippen LogP contribution in [-0.2, 0) is 12.2 Å². The van der Waals surface area contributed by atoms with Gasteiger partial charge in [0.1, 0.15) is 0 Å². The van der Waals surface area contributed by atoms with Gasteiger partial charge in [-0.05, 0) is 31.6 Å². The topological polar surface area (TPSA) is 51.0 Å². The largest absolute Gasteiger partial charge is 0.339 e. The Bertz CT molecular complexity index is 310. The highest BCUT2D eigenvalue weighted by Crippen LogP contribution is 2.13. The molecule has 0 saturated carbocycles. The molecule has 2 heterocycles. The standard InChI is InChI=1S/C11H19N3OS/c1-2-6-16-8-10-13-11(15-14-10)7-9-4-3-5-12-9/h9,12H,2-8H2,1H3. The van der Waals surface area contributed by atoms with Crippen LogP contribution in [0.3, 0.4) is 0 Å². The first-order valence-corrected chi connectivity index (χ1v) is 7.16. The minimum absolute atomic E-state index is 0.539. The minimum atomic E-state index is 0.539. The van der Waals surface area contributed by atoms with Gasteiger partial charge in [0, 0.05) is 12.5 Å². The summed E-state index contributed by atoms with van der Waals surface area (Å²) in [5.41, 5.74) is 0. The summed E-state index contributed by atoms with van der Waals surface area (Å²) in [5, 5.41) is 7.43. The molecule has 16 heavy (non-hydrogen) atoms. The fourth-order valence-corrected chi connectivity index (χ4v) is 2.61. The Balaban J connectivity index is 1.77. The van der Waals surface area contributed by atoms with Gasteiger partial charge in [-0.15, -0.1) is 0 Å². The van der Waals surface area contributed by atoms with E-state index in [1.807, 2.05) is 11.8 Å². The van der Waals surface area contributed by atoms with Crippen LogP contribution >= 0.6 is 11.8 Å². The summed E-state index contributed by atoms with van der Waals surface area (Å²) in [6, 6.07) is 0.539. The van der Waals surface area contributed by atoms with Crippen molar-refractivity contribution in [1.82, 2.24) is 15.5 Å². The van der Waals surface area contributed by atoms with Crippen molar-refractivity contribution in [3.8, 4) is 0 Å². The Morgan fingerprint density at radius 1 is 1.56 bits per heavy atom. The van der Waals surface area contributed by atoms with Crippen LogP contribution in [0.5, 0.6) is 0 Å². The van der Waals surface area contributed by atoms with Gasteiger partial charge in [0.15, 0.2) is 5.82 Å². The molecular weight excluding hydrogens is 222 g/mol. The molecule has 1 fully saturated rings. The molecule has 1 saturated heterocycles. The molecule has 4 nitrogen and oxygen atoms in total. The number of nitrogens with zero attached hydrogens (tertiary/aromatic N) is 2. The minimum Gasteiger partial charge on any atom is -0.339 e. The Kier molecular flexibility index (Phi) is 4.66. The predicted octanol–water partition coefficient (Wildman–Crippen LogP) is 2.01. The zero-order valence-electron chi connectivity index (χ0n) is 9.74. The summed E-state index contributed by atoms with van der Waals surface area (Å²) in [5.74, 6) is 3.65. The quantitative estimate of drug-likeness (QED) is 0.772. The zero-order chi connectivity index (χ0) is 11.2. The van der Waals surface area contributed by atoms with E-state index in [0.29, 0.717) is 6.04 Å². The summed E-state index contributed by atoms with van der Waals surface area (Å²) >= 11 is 1.86. The maximum absolute atomic E-state index is 5.24. The molecule has 90 valence electrons. The Labute approximate surface area is 101 Å². The Morgan fingerprint density at radius 2 is 2.50 bits per heavy atom. The van der Waals surface area contributed by atoms with E-state index < -0.39 is 0 Å². The van der Waals surface area contributed by atoms with Gasteiger partial charge in [-0.1, -0.05) is 12.1 Å². The number of aromatic nitrogens is 2. The smallest absolute Gasteiger partial charge is 0.228 e. The number of thioether (sulfide) groups is 1. The maximum Gasteiger partial charge on any atom is 0.228 e. The first-order valence-electron chi connectivity index (χ1n) is 6.01. The first kappa shape index (κ1) is 11.9. The highest BCUT2D eigenvalue weighted by molar-refractivity contribution is 7.98. The fourth-order valence-electron chi connectivity index (χ4n) is 1.88. The van der Waals surface area contributed by atoms with Crippen LogP contribution in [0.15, 0.2) is 4.52 Å². The third-order valence-corrected chi connectivity index (χ3v) is 3.83. The Morgan fingerprint density at radius 3 is 3.25 bits per heavy atom. The van der Waals surface area contributed by atoms with Crippen LogP contribution in [-0.4, -0.2) is 28.5 Å².